The zero-order valence-electron chi connectivity index (χ0n) is 11.6. The van der Waals surface area contributed by atoms with Crippen molar-refractivity contribution in [2.24, 2.45) is 0 Å². The average Bonchev–Trinajstić information content (AvgIpc) is 2.83. The van der Waals surface area contributed by atoms with Crippen molar-refractivity contribution in [1.29, 1.82) is 0 Å². The number of Topliss-reactive ketones (excluding diaryl/α,β-unsaturated/α-hetero) is 1. The number of ketones is 1. The molecule has 0 saturated heterocycles. The Balaban J connectivity index is 1.86. The lowest BCUT2D eigenvalue weighted by molar-refractivity contribution is -0.116. The maximum Gasteiger partial charge on any atom is 0.224 e. The number of benzene rings is 1. The Morgan fingerprint density at radius 3 is 2.35 bits per heavy atom. The van der Waals surface area contributed by atoms with Crippen molar-refractivity contribution in [3.8, 4) is 0 Å². The first kappa shape index (κ1) is 14.5. The van der Waals surface area contributed by atoms with Gasteiger partial charge in [0.25, 0.3) is 0 Å². The Morgan fingerprint density at radius 1 is 1.10 bits per heavy atom. The minimum atomic E-state index is -0.00775. The van der Waals surface area contributed by atoms with Gasteiger partial charge in [0.05, 0.1) is 0 Å². The van der Waals surface area contributed by atoms with Crippen LogP contribution in [0.5, 0.6) is 0 Å². The molecule has 1 aromatic heterocycles. The Morgan fingerprint density at radius 2 is 1.80 bits per heavy atom. The van der Waals surface area contributed by atoms with Crippen molar-refractivity contribution in [3.05, 3.63) is 51.7 Å². The van der Waals surface area contributed by atoms with Gasteiger partial charge < -0.3 is 5.32 Å². The molecule has 20 heavy (non-hydrogen) atoms. The van der Waals surface area contributed by atoms with Crippen molar-refractivity contribution >= 4 is 28.7 Å². The van der Waals surface area contributed by atoms with E-state index in [2.05, 4.69) is 24.4 Å². The van der Waals surface area contributed by atoms with E-state index in [0.717, 1.165) is 12.1 Å². The second-order valence-electron chi connectivity index (χ2n) is 4.69. The number of anilines is 1. The van der Waals surface area contributed by atoms with Crippen molar-refractivity contribution in [1.82, 2.24) is 0 Å². The smallest absolute Gasteiger partial charge is 0.224 e. The largest absolute Gasteiger partial charge is 0.326 e. The average molecular weight is 287 g/mol. The van der Waals surface area contributed by atoms with E-state index in [-0.39, 0.29) is 11.7 Å². The molecule has 0 aliphatic heterocycles. The fraction of sp³-hybridized carbons (Fsp3) is 0.250. The highest BCUT2D eigenvalue weighted by atomic mass is 32.1. The van der Waals surface area contributed by atoms with Gasteiger partial charge in [0, 0.05) is 27.4 Å². The third-order valence-electron chi connectivity index (χ3n) is 2.97. The molecule has 0 aliphatic carbocycles. The summed E-state index contributed by atoms with van der Waals surface area (Å²) in [5.74, 6) is 0.0163. The molecule has 3 nitrogen and oxygen atoms in total. The SMILES string of the molecule is CC(=O)c1ccc(NC(=O)CCc2ccc(C)s2)cc1. The lowest BCUT2D eigenvalue weighted by atomic mass is 10.1. The molecular weight excluding hydrogens is 270 g/mol. The zero-order valence-corrected chi connectivity index (χ0v) is 12.4. The molecule has 0 aliphatic rings. The van der Waals surface area contributed by atoms with Gasteiger partial charge in [-0.3, -0.25) is 9.59 Å². The number of hydrogen-bond acceptors (Lipinski definition) is 3. The topological polar surface area (TPSA) is 46.2 Å². The monoisotopic (exact) mass is 287 g/mol. The van der Waals surface area contributed by atoms with Crippen molar-refractivity contribution < 1.29 is 9.59 Å². The highest BCUT2D eigenvalue weighted by Gasteiger charge is 2.05. The van der Waals surface area contributed by atoms with Gasteiger partial charge in [-0.15, -0.1) is 11.3 Å². The highest BCUT2D eigenvalue weighted by Crippen LogP contribution is 2.17. The second-order valence-corrected chi connectivity index (χ2v) is 6.07. The Bertz CT molecular complexity index is 614. The summed E-state index contributed by atoms with van der Waals surface area (Å²) in [6.45, 7) is 3.58. The summed E-state index contributed by atoms with van der Waals surface area (Å²) in [5.41, 5.74) is 1.37. The Labute approximate surface area is 122 Å². The molecule has 1 N–H and O–H groups in total. The highest BCUT2D eigenvalue weighted by molar-refractivity contribution is 7.11. The van der Waals surface area contributed by atoms with Crippen LogP contribution < -0.4 is 5.32 Å². The van der Waals surface area contributed by atoms with Crippen LogP contribution in [0.2, 0.25) is 0 Å². The summed E-state index contributed by atoms with van der Waals surface area (Å²) in [5, 5.41) is 2.84. The van der Waals surface area contributed by atoms with Crippen LogP contribution >= 0.6 is 11.3 Å². The second kappa shape index (κ2) is 6.48. The Kier molecular flexibility index (Phi) is 4.69. The van der Waals surface area contributed by atoms with E-state index in [1.807, 2.05) is 0 Å². The maximum absolute atomic E-state index is 11.8. The standard InChI is InChI=1S/C16H17NO2S/c1-11-3-8-15(20-11)9-10-16(19)17-14-6-4-13(5-7-14)12(2)18/h3-8H,9-10H2,1-2H3,(H,17,19). The van der Waals surface area contributed by atoms with Crippen LogP contribution in [0.15, 0.2) is 36.4 Å². The van der Waals surface area contributed by atoms with E-state index >= 15 is 0 Å². The Hall–Kier alpha value is -1.94. The number of carbonyl (C=O) groups excluding carboxylic acids is 2. The first-order valence-corrected chi connectivity index (χ1v) is 7.32. The van der Waals surface area contributed by atoms with Crippen molar-refractivity contribution in [2.75, 3.05) is 5.32 Å². The van der Waals surface area contributed by atoms with Crippen LogP contribution in [0.1, 0.15) is 33.5 Å². The van der Waals surface area contributed by atoms with Crippen molar-refractivity contribution in [3.63, 3.8) is 0 Å². The number of carbonyl (C=O) groups is 2. The number of rotatable bonds is 5. The van der Waals surface area contributed by atoms with Crippen LogP contribution in [-0.4, -0.2) is 11.7 Å². The van der Waals surface area contributed by atoms with Gasteiger partial charge in [0.2, 0.25) is 5.91 Å². The summed E-state index contributed by atoms with van der Waals surface area (Å²) < 4.78 is 0. The number of hydrogen-bond donors (Lipinski definition) is 1. The molecular formula is C16H17NO2S. The minimum absolute atomic E-state index is 0.00775. The summed E-state index contributed by atoms with van der Waals surface area (Å²) in [4.78, 5) is 25.5. The number of amides is 1. The van der Waals surface area contributed by atoms with E-state index in [1.54, 1.807) is 35.6 Å². The van der Waals surface area contributed by atoms with Gasteiger partial charge in [0.1, 0.15) is 0 Å². The molecule has 0 saturated carbocycles. The van der Waals surface area contributed by atoms with E-state index < -0.39 is 0 Å². The summed E-state index contributed by atoms with van der Waals surface area (Å²) in [6, 6.07) is 11.1. The van der Waals surface area contributed by atoms with Crippen molar-refractivity contribution in [2.45, 2.75) is 26.7 Å². The first-order valence-electron chi connectivity index (χ1n) is 6.51. The van der Waals surface area contributed by atoms with Gasteiger partial charge in [-0.25, -0.2) is 0 Å². The van der Waals surface area contributed by atoms with Crippen LogP contribution in [-0.2, 0) is 11.2 Å². The molecule has 1 amide bonds. The molecule has 104 valence electrons. The van der Waals surface area contributed by atoms with Crippen LogP contribution in [0.4, 0.5) is 5.69 Å². The summed E-state index contributed by atoms with van der Waals surface area (Å²) in [7, 11) is 0. The molecule has 1 aromatic carbocycles. The van der Waals surface area contributed by atoms with Gasteiger partial charge >= 0.3 is 0 Å². The molecule has 0 spiro atoms. The number of thiophene rings is 1. The number of nitrogens with one attached hydrogen (secondary N) is 1. The predicted octanol–water partition coefficient (Wildman–Crippen LogP) is 3.83. The molecule has 0 unspecified atom stereocenters. The predicted molar refractivity (Wildman–Crippen MR) is 82.5 cm³/mol. The van der Waals surface area contributed by atoms with Gasteiger partial charge in [-0.05, 0) is 56.7 Å². The minimum Gasteiger partial charge on any atom is -0.326 e. The van der Waals surface area contributed by atoms with Gasteiger partial charge in [0.15, 0.2) is 5.78 Å². The van der Waals surface area contributed by atoms with E-state index in [0.29, 0.717) is 12.0 Å². The lowest BCUT2D eigenvalue weighted by Gasteiger charge is -2.05. The van der Waals surface area contributed by atoms with E-state index in [9.17, 15) is 9.59 Å². The maximum atomic E-state index is 11.8. The van der Waals surface area contributed by atoms with Crippen LogP contribution in [0, 0.1) is 6.92 Å². The fourth-order valence-corrected chi connectivity index (χ4v) is 2.76. The quantitative estimate of drug-likeness (QED) is 0.849. The molecule has 1 heterocycles. The summed E-state index contributed by atoms with van der Waals surface area (Å²) >= 11 is 1.72. The molecule has 0 atom stereocenters. The van der Waals surface area contributed by atoms with Gasteiger partial charge in [-0.2, -0.15) is 0 Å². The molecule has 4 heteroatoms. The third-order valence-corrected chi connectivity index (χ3v) is 4.03. The molecule has 2 aromatic rings. The van der Waals surface area contributed by atoms with Crippen LogP contribution in [0.3, 0.4) is 0 Å². The first-order chi connectivity index (χ1) is 9.54. The fourth-order valence-electron chi connectivity index (χ4n) is 1.87. The van der Waals surface area contributed by atoms with Gasteiger partial charge in [-0.1, -0.05) is 0 Å². The van der Waals surface area contributed by atoms with E-state index in [4.69, 9.17) is 0 Å². The zero-order chi connectivity index (χ0) is 14.5. The number of aryl methyl sites for hydroxylation is 2. The third kappa shape index (κ3) is 4.03. The molecule has 0 fully saturated rings. The molecule has 2 rings (SSSR count). The van der Waals surface area contributed by atoms with E-state index in [1.165, 1.54) is 16.7 Å². The summed E-state index contributed by atoms with van der Waals surface area (Å²) in [6.07, 6.45) is 1.23. The van der Waals surface area contributed by atoms with Crippen LogP contribution in [0.25, 0.3) is 0 Å². The normalized spacial score (nSPS) is 10.3. The molecule has 0 radical (unpaired) electrons. The molecule has 0 bridgehead atoms. The lowest BCUT2D eigenvalue weighted by Crippen LogP contribution is -2.12.